The van der Waals surface area contributed by atoms with Gasteiger partial charge in [0.1, 0.15) is 11.3 Å². The quantitative estimate of drug-likeness (QED) is 0.435. The van der Waals surface area contributed by atoms with E-state index < -0.39 is 17.7 Å². The lowest BCUT2D eigenvalue weighted by Gasteiger charge is -2.21. The molecule has 4 rings (SSSR count). The molecule has 2 heterocycles. The molecular formula is C25H25NO6. The van der Waals surface area contributed by atoms with Gasteiger partial charge in [-0.15, -0.1) is 0 Å². The summed E-state index contributed by atoms with van der Waals surface area (Å²) < 4.78 is 16.0. The van der Waals surface area contributed by atoms with Crippen LogP contribution >= 0.6 is 0 Å². The molecule has 0 N–H and O–H groups in total. The third kappa shape index (κ3) is 4.10. The molecule has 1 atom stereocenters. The number of amides is 1. The molecule has 0 saturated heterocycles. The molecule has 0 spiro atoms. The van der Waals surface area contributed by atoms with Crippen molar-refractivity contribution < 1.29 is 23.5 Å². The lowest BCUT2D eigenvalue weighted by Crippen LogP contribution is -2.39. The number of benzene rings is 2. The van der Waals surface area contributed by atoms with Crippen molar-refractivity contribution in [1.29, 1.82) is 0 Å². The highest BCUT2D eigenvalue weighted by molar-refractivity contribution is 5.99. The molecule has 7 heteroatoms. The average Bonchev–Trinajstić information content (AvgIpc) is 3.22. The zero-order chi connectivity index (χ0) is 22.8. The van der Waals surface area contributed by atoms with Crippen LogP contribution in [0.5, 0.6) is 5.75 Å². The maximum Gasteiger partial charge on any atom is 0.339 e. The van der Waals surface area contributed by atoms with Crippen LogP contribution in [0.1, 0.15) is 30.0 Å². The zero-order valence-electron chi connectivity index (χ0n) is 18.3. The largest absolute Gasteiger partial charge is 0.497 e. The van der Waals surface area contributed by atoms with Crippen LogP contribution in [0.15, 0.2) is 51.7 Å². The number of carbonyl (C=O) groups is 2. The molecule has 1 aromatic heterocycles. The van der Waals surface area contributed by atoms with Crippen molar-refractivity contribution in [2.24, 2.45) is 0 Å². The van der Waals surface area contributed by atoms with Crippen LogP contribution in [0.2, 0.25) is 0 Å². The number of hydrogen-bond donors (Lipinski definition) is 0. The number of hydrogen-bond acceptors (Lipinski definition) is 6. The number of fused-ring (bicyclic) bond motifs is 2. The van der Waals surface area contributed by atoms with Gasteiger partial charge in [0.25, 0.3) is 5.91 Å². The van der Waals surface area contributed by atoms with Gasteiger partial charge in [-0.25, -0.2) is 4.79 Å². The minimum Gasteiger partial charge on any atom is -0.497 e. The molecule has 1 aliphatic rings. The highest BCUT2D eigenvalue weighted by Gasteiger charge is 2.29. The highest BCUT2D eigenvalue weighted by Crippen LogP contribution is 2.28. The molecule has 166 valence electrons. The van der Waals surface area contributed by atoms with Gasteiger partial charge < -0.3 is 18.8 Å². The molecule has 7 nitrogen and oxygen atoms in total. The summed E-state index contributed by atoms with van der Waals surface area (Å²) >= 11 is 0. The number of esters is 1. The summed E-state index contributed by atoms with van der Waals surface area (Å²) in [7, 11) is 1.54. The topological polar surface area (TPSA) is 86.0 Å². The number of para-hydroxylation sites is 1. The molecule has 0 aliphatic carbocycles. The predicted octanol–water partition coefficient (Wildman–Crippen LogP) is 3.56. The lowest BCUT2D eigenvalue weighted by molar-refractivity contribution is -0.153. The van der Waals surface area contributed by atoms with Gasteiger partial charge in [0.2, 0.25) is 0 Å². The molecule has 0 bridgehead atoms. The number of nitrogens with zero attached hydrogens (tertiary/aromatic N) is 1. The van der Waals surface area contributed by atoms with Gasteiger partial charge >= 0.3 is 11.6 Å². The van der Waals surface area contributed by atoms with E-state index in [1.54, 1.807) is 31.1 Å². The number of rotatable bonds is 6. The van der Waals surface area contributed by atoms with Gasteiger partial charge in [0.15, 0.2) is 6.10 Å². The van der Waals surface area contributed by atoms with Crippen molar-refractivity contribution in [2.75, 3.05) is 18.6 Å². The number of carbonyl (C=O) groups excluding carboxylic acids is 2. The summed E-state index contributed by atoms with van der Waals surface area (Å²) in [6.45, 7) is 3.97. The van der Waals surface area contributed by atoms with Crippen LogP contribution in [0.4, 0.5) is 5.69 Å². The van der Waals surface area contributed by atoms with Crippen LogP contribution in [-0.4, -0.2) is 31.6 Å². The third-order valence-corrected chi connectivity index (χ3v) is 5.88. The molecular weight excluding hydrogens is 410 g/mol. The smallest absolute Gasteiger partial charge is 0.339 e. The van der Waals surface area contributed by atoms with Crippen molar-refractivity contribution in [1.82, 2.24) is 0 Å². The van der Waals surface area contributed by atoms with Gasteiger partial charge in [0, 0.05) is 35.7 Å². The van der Waals surface area contributed by atoms with Crippen LogP contribution in [0.25, 0.3) is 11.0 Å². The van der Waals surface area contributed by atoms with Crippen molar-refractivity contribution in [3.05, 3.63) is 69.6 Å². The summed E-state index contributed by atoms with van der Waals surface area (Å²) in [6.07, 6.45) is 0.0188. The second-order valence-electron chi connectivity index (χ2n) is 7.86. The standard InChI is InChI=1S/C25H25NO6/c1-15-19-9-8-18(30-3)14-22(19)32-25(29)20(15)10-11-23(27)31-16(2)24(28)26-13-12-17-6-4-5-7-21(17)26/h4-9,14,16H,10-13H2,1-3H3. The van der Waals surface area contributed by atoms with Crippen molar-refractivity contribution in [3.63, 3.8) is 0 Å². The van der Waals surface area contributed by atoms with E-state index in [0.29, 0.717) is 23.4 Å². The molecule has 0 saturated carbocycles. The van der Waals surface area contributed by atoms with Gasteiger partial charge in [-0.3, -0.25) is 9.59 Å². The average molecular weight is 435 g/mol. The first kappa shape index (κ1) is 21.6. The molecule has 3 aromatic rings. The summed E-state index contributed by atoms with van der Waals surface area (Å²) in [5, 5.41) is 0.782. The fourth-order valence-electron chi connectivity index (χ4n) is 4.11. The number of anilines is 1. The van der Waals surface area contributed by atoms with Gasteiger partial charge in [-0.05, 0) is 56.0 Å². The Kier molecular flexibility index (Phi) is 5.99. The summed E-state index contributed by atoms with van der Waals surface area (Å²) in [5.74, 6) is -0.193. The minimum absolute atomic E-state index is 0.0263. The van der Waals surface area contributed by atoms with Crippen molar-refractivity contribution in [2.45, 2.75) is 39.2 Å². The summed E-state index contributed by atoms with van der Waals surface area (Å²) in [5.41, 5.74) is 3.09. The molecule has 2 aromatic carbocycles. The number of ether oxygens (including phenoxy) is 2. The van der Waals surface area contributed by atoms with E-state index in [4.69, 9.17) is 13.9 Å². The van der Waals surface area contributed by atoms with Crippen molar-refractivity contribution in [3.8, 4) is 5.75 Å². The van der Waals surface area contributed by atoms with Crippen LogP contribution < -0.4 is 15.3 Å². The normalized spacial score (nSPS) is 13.7. The van der Waals surface area contributed by atoms with E-state index in [1.165, 1.54) is 0 Å². The highest BCUT2D eigenvalue weighted by atomic mass is 16.5. The van der Waals surface area contributed by atoms with Crippen molar-refractivity contribution >= 4 is 28.5 Å². The van der Waals surface area contributed by atoms with Gasteiger partial charge in [0.05, 0.1) is 7.11 Å². The second kappa shape index (κ2) is 8.86. The second-order valence-corrected chi connectivity index (χ2v) is 7.86. The Morgan fingerprint density at radius 3 is 2.75 bits per heavy atom. The maximum atomic E-state index is 12.8. The van der Waals surface area contributed by atoms with Gasteiger partial charge in [-0.1, -0.05) is 18.2 Å². The monoisotopic (exact) mass is 435 g/mol. The number of aryl methyl sites for hydroxylation is 1. The molecule has 0 fully saturated rings. The van der Waals surface area contributed by atoms with Crippen LogP contribution in [0.3, 0.4) is 0 Å². The Bertz CT molecular complexity index is 1240. The Hall–Kier alpha value is -3.61. The molecule has 1 unspecified atom stereocenters. The van der Waals surface area contributed by atoms with Crippen LogP contribution in [0, 0.1) is 6.92 Å². The van der Waals surface area contributed by atoms with E-state index in [0.717, 1.165) is 28.6 Å². The number of methoxy groups -OCH3 is 1. The Balaban J connectivity index is 1.41. The Morgan fingerprint density at radius 2 is 1.97 bits per heavy atom. The van der Waals surface area contributed by atoms with E-state index in [1.807, 2.05) is 37.3 Å². The molecule has 32 heavy (non-hydrogen) atoms. The Morgan fingerprint density at radius 1 is 1.19 bits per heavy atom. The minimum atomic E-state index is -0.907. The fourth-order valence-corrected chi connectivity index (χ4v) is 4.11. The van der Waals surface area contributed by atoms with Gasteiger partial charge in [-0.2, -0.15) is 0 Å². The fraction of sp³-hybridized carbons (Fsp3) is 0.320. The molecule has 1 aliphatic heterocycles. The first-order chi connectivity index (χ1) is 15.4. The maximum absolute atomic E-state index is 12.8. The Labute approximate surface area is 185 Å². The first-order valence-electron chi connectivity index (χ1n) is 10.6. The van der Waals surface area contributed by atoms with E-state index in [9.17, 15) is 14.4 Å². The predicted molar refractivity (Wildman–Crippen MR) is 120 cm³/mol. The first-order valence-corrected chi connectivity index (χ1v) is 10.6. The summed E-state index contributed by atoms with van der Waals surface area (Å²) in [6, 6.07) is 13.0. The van der Waals surface area contributed by atoms with E-state index in [2.05, 4.69) is 0 Å². The van der Waals surface area contributed by atoms with E-state index >= 15 is 0 Å². The lowest BCUT2D eigenvalue weighted by atomic mass is 10.0. The molecule has 1 amide bonds. The summed E-state index contributed by atoms with van der Waals surface area (Å²) in [4.78, 5) is 39.3. The molecule has 0 radical (unpaired) electrons. The van der Waals surface area contributed by atoms with E-state index in [-0.39, 0.29) is 18.7 Å². The van der Waals surface area contributed by atoms with Crippen LogP contribution in [-0.2, 0) is 27.2 Å². The SMILES string of the molecule is COc1ccc2c(C)c(CCC(=O)OC(C)C(=O)N3CCc4ccccc43)c(=O)oc2c1. The zero-order valence-corrected chi connectivity index (χ0v) is 18.3. The third-order valence-electron chi connectivity index (χ3n) is 5.88.